The van der Waals surface area contributed by atoms with Crippen molar-refractivity contribution in [2.24, 2.45) is 17.3 Å². The van der Waals surface area contributed by atoms with Crippen molar-refractivity contribution < 1.29 is 32.2 Å². The van der Waals surface area contributed by atoms with E-state index in [1.165, 1.54) is 6.08 Å². The molecule has 0 amide bonds. The van der Waals surface area contributed by atoms with Crippen molar-refractivity contribution in [1.82, 2.24) is 0 Å². The molecule has 1 aromatic rings. The first-order valence-electron chi connectivity index (χ1n) is 8.24. The standard InChI is InChI=1S/C19H19F4NO3/c1-19(2)12(13(19)18(25)26)6-9(7-24)4-5-10-14(20)16(22)11(8-27-3)17(23)15(10)21/h6,12-13H,4-5,8H2,1-3H3,(H,25,26). The number of allylic oxidation sites excluding steroid dienone is 2. The summed E-state index contributed by atoms with van der Waals surface area (Å²) in [5.41, 5.74) is -2.06. The van der Waals surface area contributed by atoms with Gasteiger partial charge in [0.15, 0.2) is 23.3 Å². The Morgan fingerprint density at radius 2 is 1.70 bits per heavy atom. The van der Waals surface area contributed by atoms with E-state index in [1.54, 1.807) is 13.8 Å². The molecule has 8 heteroatoms. The van der Waals surface area contributed by atoms with Gasteiger partial charge >= 0.3 is 5.97 Å². The molecule has 1 aromatic carbocycles. The highest BCUT2D eigenvalue weighted by Gasteiger charge is 2.61. The Morgan fingerprint density at radius 1 is 1.19 bits per heavy atom. The van der Waals surface area contributed by atoms with E-state index in [1.807, 2.05) is 6.07 Å². The predicted molar refractivity (Wildman–Crippen MR) is 87.4 cm³/mol. The van der Waals surface area contributed by atoms with Gasteiger partial charge in [-0.3, -0.25) is 4.79 Å². The summed E-state index contributed by atoms with van der Waals surface area (Å²) in [5.74, 6) is -8.13. The molecule has 0 aliphatic heterocycles. The number of carbonyl (C=O) groups is 1. The second-order valence-corrected chi connectivity index (χ2v) is 7.11. The smallest absolute Gasteiger partial charge is 0.307 e. The van der Waals surface area contributed by atoms with Crippen molar-refractivity contribution >= 4 is 5.97 Å². The summed E-state index contributed by atoms with van der Waals surface area (Å²) in [5, 5.41) is 18.4. The number of ether oxygens (including phenoxy) is 1. The van der Waals surface area contributed by atoms with Gasteiger partial charge in [0, 0.05) is 18.2 Å². The SMILES string of the molecule is COCc1c(F)c(F)c(CCC(C#N)=CC2C(C(=O)O)C2(C)C)c(F)c1F. The van der Waals surface area contributed by atoms with Crippen LogP contribution >= 0.6 is 0 Å². The first-order valence-corrected chi connectivity index (χ1v) is 8.24. The molecule has 1 saturated carbocycles. The van der Waals surface area contributed by atoms with Crippen LogP contribution in [0.5, 0.6) is 0 Å². The van der Waals surface area contributed by atoms with E-state index in [4.69, 9.17) is 5.11 Å². The van der Waals surface area contributed by atoms with Crippen molar-refractivity contribution in [3.05, 3.63) is 46.0 Å². The van der Waals surface area contributed by atoms with E-state index < -0.39 is 70.6 Å². The van der Waals surface area contributed by atoms with Crippen LogP contribution in [0.2, 0.25) is 0 Å². The van der Waals surface area contributed by atoms with Crippen LogP contribution in [0.25, 0.3) is 0 Å². The largest absolute Gasteiger partial charge is 0.481 e. The number of benzene rings is 1. The lowest BCUT2D eigenvalue weighted by molar-refractivity contribution is -0.139. The van der Waals surface area contributed by atoms with E-state index in [0.29, 0.717) is 0 Å². The highest BCUT2D eigenvalue weighted by molar-refractivity contribution is 5.76. The second-order valence-electron chi connectivity index (χ2n) is 7.11. The Hall–Kier alpha value is -2.40. The van der Waals surface area contributed by atoms with Gasteiger partial charge in [0.1, 0.15) is 0 Å². The molecule has 27 heavy (non-hydrogen) atoms. The quantitative estimate of drug-likeness (QED) is 0.435. The van der Waals surface area contributed by atoms with E-state index in [0.717, 1.165) is 7.11 Å². The number of aliphatic carboxylic acids is 1. The van der Waals surface area contributed by atoms with E-state index in [2.05, 4.69) is 4.74 Å². The number of hydrogen-bond acceptors (Lipinski definition) is 3. The highest BCUT2D eigenvalue weighted by Crippen LogP contribution is 2.59. The molecule has 1 aliphatic rings. The monoisotopic (exact) mass is 385 g/mol. The maximum absolute atomic E-state index is 14.1. The number of carboxylic acid groups (broad SMARTS) is 1. The zero-order chi connectivity index (χ0) is 20.5. The molecule has 0 radical (unpaired) electrons. The van der Waals surface area contributed by atoms with Crippen LogP contribution in [-0.2, 0) is 22.6 Å². The topological polar surface area (TPSA) is 70.3 Å². The minimum Gasteiger partial charge on any atom is -0.481 e. The minimum atomic E-state index is -1.53. The number of nitriles is 1. The normalized spacial score (nSPS) is 21.0. The first kappa shape index (κ1) is 20.9. The summed E-state index contributed by atoms with van der Waals surface area (Å²) in [6.07, 6.45) is 0.843. The molecule has 2 atom stereocenters. The van der Waals surface area contributed by atoms with Crippen LogP contribution in [0.15, 0.2) is 11.6 Å². The number of halogens is 4. The van der Waals surface area contributed by atoms with Crippen molar-refractivity contribution in [3.63, 3.8) is 0 Å². The summed E-state index contributed by atoms with van der Waals surface area (Å²) in [6.45, 7) is 2.85. The summed E-state index contributed by atoms with van der Waals surface area (Å²) < 4.78 is 60.7. The Bertz CT molecular complexity index is 813. The number of carboxylic acids is 1. The lowest BCUT2D eigenvalue weighted by Crippen LogP contribution is -2.10. The van der Waals surface area contributed by atoms with Crippen LogP contribution in [0.4, 0.5) is 17.6 Å². The average Bonchev–Trinajstić information content (AvgIpc) is 3.16. The Balaban J connectivity index is 2.24. The molecule has 1 aliphatic carbocycles. The van der Waals surface area contributed by atoms with E-state index >= 15 is 0 Å². The average molecular weight is 385 g/mol. The lowest BCUT2D eigenvalue weighted by Gasteiger charge is -2.11. The maximum Gasteiger partial charge on any atom is 0.307 e. The number of nitrogens with zero attached hydrogens (tertiary/aromatic N) is 1. The molecule has 0 bridgehead atoms. The van der Waals surface area contributed by atoms with Gasteiger partial charge in [-0.25, -0.2) is 17.6 Å². The molecule has 0 aromatic heterocycles. The van der Waals surface area contributed by atoms with Gasteiger partial charge in [-0.2, -0.15) is 5.26 Å². The fraction of sp³-hybridized carbons (Fsp3) is 0.474. The van der Waals surface area contributed by atoms with E-state index in [-0.39, 0.29) is 12.0 Å². The zero-order valence-electron chi connectivity index (χ0n) is 15.1. The third-order valence-electron chi connectivity index (χ3n) is 5.08. The Kier molecular flexibility index (Phi) is 5.95. The molecule has 2 rings (SSSR count). The Morgan fingerprint density at radius 3 is 2.11 bits per heavy atom. The molecule has 4 nitrogen and oxygen atoms in total. The van der Waals surface area contributed by atoms with Crippen LogP contribution in [0.1, 0.15) is 31.4 Å². The summed E-state index contributed by atoms with van der Waals surface area (Å²) in [6, 6.07) is 1.86. The maximum atomic E-state index is 14.1. The van der Waals surface area contributed by atoms with Gasteiger partial charge < -0.3 is 9.84 Å². The first-order chi connectivity index (χ1) is 12.6. The van der Waals surface area contributed by atoms with Crippen LogP contribution in [-0.4, -0.2) is 18.2 Å². The van der Waals surface area contributed by atoms with Crippen LogP contribution in [0, 0.1) is 51.9 Å². The van der Waals surface area contributed by atoms with Gasteiger partial charge in [0.25, 0.3) is 0 Å². The Labute approximate surface area is 154 Å². The molecule has 0 spiro atoms. The molecule has 0 heterocycles. The lowest BCUT2D eigenvalue weighted by atomic mass is 9.99. The van der Waals surface area contributed by atoms with Crippen molar-refractivity contribution in [2.45, 2.75) is 33.3 Å². The van der Waals surface area contributed by atoms with Gasteiger partial charge in [-0.15, -0.1) is 0 Å². The van der Waals surface area contributed by atoms with Crippen molar-refractivity contribution in [2.75, 3.05) is 7.11 Å². The molecule has 2 unspecified atom stereocenters. The van der Waals surface area contributed by atoms with Gasteiger partial charge in [-0.1, -0.05) is 19.9 Å². The molecule has 1 N–H and O–H groups in total. The van der Waals surface area contributed by atoms with E-state index in [9.17, 15) is 27.6 Å². The highest BCUT2D eigenvalue weighted by atomic mass is 19.2. The molecule has 1 fully saturated rings. The molecular weight excluding hydrogens is 366 g/mol. The van der Waals surface area contributed by atoms with Crippen LogP contribution in [0.3, 0.4) is 0 Å². The second kappa shape index (κ2) is 7.69. The summed E-state index contributed by atoms with van der Waals surface area (Å²) >= 11 is 0. The van der Waals surface area contributed by atoms with Crippen molar-refractivity contribution in [1.29, 1.82) is 5.26 Å². The van der Waals surface area contributed by atoms with Gasteiger partial charge in [0.2, 0.25) is 0 Å². The number of methoxy groups -OCH3 is 1. The predicted octanol–water partition coefficient (Wildman–Crippen LogP) is 4.13. The fourth-order valence-corrected chi connectivity index (χ4v) is 3.33. The van der Waals surface area contributed by atoms with Crippen molar-refractivity contribution in [3.8, 4) is 6.07 Å². The van der Waals surface area contributed by atoms with Gasteiger partial charge in [-0.05, 0) is 24.2 Å². The van der Waals surface area contributed by atoms with Crippen LogP contribution < -0.4 is 0 Å². The third-order valence-corrected chi connectivity index (χ3v) is 5.08. The van der Waals surface area contributed by atoms with Gasteiger partial charge in [0.05, 0.1) is 24.2 Å². The summed E-state index contributed by atoms with van der Waals surface area (Å²) in [4.78, 5) is 11.2. The molecule has 0 saturated heterocycles. The zero-order valence-corrected chi connectivity index (χ0v) is 15.1. The molecule has 146 valence electrons. The molecular formula is C19H19F4NO3. The fourth-order valence-electron chi connectivity index (χ4n) is 3.33. The number of rotatable bonds is 7. The minimum absolute atomic E-state index is 0.109. The third kappa shape index (κ3) is 3.83. The summed E-state index contributed by atoms with van der Waals surface area (Å²) in [7, 11) is 1.14. The number of hydrogen-bond donors (Lipinski definition) is 1.